The topological polar surface area (TPSA) is 122 Å². The second kappa shape index (κ2) is 9.40. The van der Waals surface area contributed by atoms with Crippen LogP contribution >= 0.6 is 0 Å². The van der Waals surface area contributed by atoms with E-state index in [1.807, 2.05) is 30.6 Å². The Morgan fingerprint density at radius 3 is 2.74 bits per heavy atom. The summed E-state index contributed by atoms with van der Waals surface area (Å²) in [4.78, 5) is 21.1. The number of carbonyl (C=O) groups is 1. The number of nitrogens with one attached hydrogen (secondary N) is 1. The van der Waals surface area contributed by atoms with E-state index in [1.165, 1.54) is 25.5 Å². The number of hydrogen-bond donors (Lipinski definition) is 2. The fourth-order valence-electron chi connectivity index (χ4n) is 4.36. The lowest BCUT2D eigenvalue weighted by Crippen LogP contribution is -2.18. The van der Waals surface area contributed by atoms with Crippen LogP contribution in [0.5, 0.6) is 0 Å². The average Bonchev–Trinajstić information content (AvgIpc) is 3.57. The number of methoxy groups -OCH3 is 1. The molecule has 1 atom stereocenters. The number of fused-ring (bicyclic) bond motifs is 2. The first-order valence-corrected chi connectivity index (χ1v) is 11.5. The molecule has 1 saturated carbocycles. The fraction of sp³-hybridized carbons (Fsp3) is 0.417. The summed E-state index contributed by atoms with van der Waals surface area (Å²) in [6, 6.07) is 6.21. The second-order valence-electron chi connectivity index (χ2n) is 8.57. The summed E-state index contributed by atoms with van der Waals surface area (Å²) >= 11 is 0. The molecule has 0 aromatic carbocycles. The average molecular weight is 464 g/mol. The van der Waals surface area contributed by atoms with Gasteiger partial charge in [-0.1, -0.05) is 0 Å². The molecule has 10 heteroatoms. The Morgan fingerprint density at radius 2 is 2.12 bits per heavy atom. The summed E-state index contributed by atoms with van der Waals surface area (Å²) < 4.78 is 14.3. The highest BCUT2D eigenvalue weighted by molar-refractivity contribution is 5.99. The molecule has 0 bridgehead atoms. The number of nitrogens with zero attached hydrogens (tertiary/aromatic N) is 5. The number of pyridine rings is 1. The number of amides is 1. The van der Waals surface area contributed by atoms with E-state index in [4.69, 9.17) is 15.2 Å². The Balaban J connectivity index is 0.000000351. The van der Waals surface area contributed by atoms with Crippen molar-refractivity contribution in [2.45, 2.75) is 37.8 Å². The zero-order valence-corrected chi connectivity index (χ0v) is 19.4. The molecule has 34 heavy (non-hydrogen) atoms. The minimum atomic E-state index is -0.564. The van der Waals surface area contributed by atoms with Gasteiger partial charge in [0, 0.05) is 50.4 Å². The molecule has 3 aliphatic heterocycles. The molecule has 1 unspecified atom stereocenters. The molecule has 6 rings (SSSR count). The van der Waals surface area contributed by atoms with Crippen molar-refractivity contribution in [1.29, 1.82) is 0 Å². The Morgan fingerprint density at radius 1 is 1.26 bits per heavy atom. The minimum Gasteiger partial charge on any atom is -0.381 e. The maximum atomic E-state index is 11.8. The highest BCUT2D eigenvalue weighted by atomic mass is 16.5. The molecular weight excluding hydrogens is 434 g/mol. The third-order valence-electron chi connectivity index (χ3n) is 6.56. The van der Waals surface area contributed by atoms with E-state index >= 15 is 0 Å². The summed E-state index contributed by atoms with van der Waals surface area (Å²) in [6.07, 6.45) is 10.8. The lowest BCUT2D eigenvalue weighted by Gasteiger charge is -2.22. The van der Waals surface area contributed by atoms with E-state index in [0.29, 0.717) is 29.9 Å². The summed E-state index contributed by atoms with van der Waals surface area (Å²) in [7, 11) is 3.57. The smallest absolute Gasteiger partial charge is 0.254 e. The van der Waals surface area contributed by atoms with Crippen LogP contribution in [0.3, 0.4) is 0 Å². The largest absolute Gasteiger partial charge is 0.381 e. The third kappa shape index (κ3) is 3.99. The van der Waals surface area contributed by atoms with Gasteiger partial charge in [0.25, 0.3) is 5.91 Å². The molecule has 4 aliphatic rings. The van der Waals surface area contributed by atoms with Crippen LogP contribution in [-0.4, -0.2) is 63.5 Å². The number of primary amides is 1. The van der Waals surface area contributed by atoms with Crippen molar-refractivity contribution in [1.82, 2.24) is 24.1 Å². The molecule has 2 fully saturated rings. The van der Waals surface area contributed by atoms with Gasteiger partial charge in [0.1, 0.15) is 17.2 Å². The van der Waals surface area contributed by atoms with E-state index in [0.717, 1.165) is 30.0 Å². The molecule has 5 heterocycles. The predicted octanol–water partition coefficient (Wildman–Crippen LogP) is 2.98. The molecule has 0 spiro atoms. The van der Waals surface area contributed by atoms with Crippen LogP contribution in [0.15, 0.2) is 36.8 Å². The van der Waals surface area contributed by atoms with E-state index in [-0.39, 0.29) is 11.6 Å². The van der Waals surface area contributed by atoms with Gasteiger partial charge in [-0.3, -0.25) is 4.79 Å². The molecular formula is C24H29N7O3. The maximum absolute atomic E-state index is 11.8. The van der Waals surface area contributed by atoms with E-state index < -0.39 is 5.91 Å². The zero-order valence-electron chi connectivity index (χ0n) is 19.4. The number of nitrogens with two attached hydrogens (primary N) is 1. The standard InChI is InChI=1S/C19H19N7O2.C5H10O/c1-21-16-7-15(24-19-14(17(20)27)9-23-26(16)19)13-8-22-18-12(13)3-2-5-25(18)11-4-6-28-10-11;1-6-5-3-2-4-5/h2-3,5,7-9,11,21H,4,6,10H2,1H3,(H2,20,27);5H,2-4H2,1H3. The molecule has 1 aliphatic carbocycles. The molecule has 3 N–H and O–H groups in total. The van der Waals surface area contributed by atoms with Crippen molar-refractivity contribution in [3.05, 3.63) is 42.4 Å². The first kappa shape index (κ1) is 22.3. The van der Waals surface area contributed by atoms with Crippen molar-refractivity contribution in [3.63, 3.8) is 0 Å². The van der Waals surface area contributed by atoms with Gasteiger partial charge < -0.3 is 25.1 Å². The third-order valence-corrected chi connectivity index (χ3v) is 6.56. The molecule has 2 aromatic rings. The van der Waals surface area contributed by atoms with Gasteiger partial charge in [0.15, 0.2) is 5.65 Å². The lowest BCUT2D eigenvalue weighted by atomic mass is 9.96. The van der Waals surface area contributed by atoms with Crippen molar-refractivity contribution < 1.29 is 14.3 Å². The maximum Gasteiger partial charge on any atom is 0.254 e. The molecule has 178 valence electrons. The first-order valence-electron chi connectivity index (χ1n) is 11.5. The molecule has 0 radical (unpaired) electrons. The van der Waals surface area contributed by atoms with Crippen molar-refractivity contribution in [3.8, 4) is 22.6 Å². The van der Waals surface area contributed by atoms with Gasteiger partial charge in [0.2, 0.25) is 0 Å². The number of rotatable bonds is 5. The highest BCUT2D eigenvalue weighted by Gasteiger charge is 2.24. The van der Waals surface area contributed by atoms with Crippen LogP contribution in [0, 0.1) is 0 Å². The zero-order chi connectivity index (χ0) is 23.7. The number of ether oxygens (including phenoxy) is 2. The van der Waals surface area contributed by atoms with Gasteiger partial charge >= 0.3 is 0 Å². The van der Waals surface area contributed by atoms with E-state index in [2.05, 4.69) is 25.0 Å². The van der Waals surface area contributed by atoms with E-state index in [9.17, 15) is 4.79 Å². The van der Waals surface area contributed by atoms with Gasteiger partial charge in [-0.25, -0.2) is 9.97 Å². The summed E-state index contributed by atoms with van der Waals surface area (Å²) in [5.41, 5.74) is 8.76. The molecule has 1 saturated heterocycles. The van der Waals surface area contributed by atoms with Crippen molar-refractivity contribution >= 4 is 17.4 Å². The lowest BCUT2D eigenvalue weighted by molar-refractivity contribution is 0.0412. The number of anilines is 1. The van der Waals surface area contributed by atoms with Crippen molar-refractivity contribution in [2.24, 2.45) is 5.73 Å². The van der Waals surface area contributed by atoms with Gasteiger partial charge in [-0.15, -0.1) is 0 Å². The van der Waals surface area contributed by atoms with Crippen molar-refractivity contribution in [2.75, 3.05) is 32.7 Å². The molecule has 10 nitrogen and oxygen atoms in total. The minimum absolute atomic E-state index is 0.278. The Labute approximate surface area is 197 Å². The Bertz CT molecular complexity index is 1270. The van der Waals surface area contributed by atoms with Crippen LogP contribution < -0.4 is 11.1 Å². The van der Waals surface area contributed by atoms with Gasteiger partial charge in [-0.2, -0.15) is 9.61 Å². The summed E-state index contributed by atoms with van der Waals surface area (Å²) in [5.74, 6) is 1.03. The number of hydrogen-bond acceptors (Lipinski definition) is 7. The Hall–Kier alpha value is -3.50. The first-order chi connectivity index (χ1) is 16.6. The Kier molecular flexibility index (Phi) is 6.16. The van der Waals surface area contributed by atoms with E-state index in [1.54, 1.807) is 18.7 Å². The normalized spacial score (nSPS) is 18.0. The second-order valence-corrected chi connectivity index (χ2v) is 8.57. The number of carbonyl (C=O) groups excluding carboxylic acids is 1. The SMILES string of the molecule is CNc1cc(-c2cnc3n(C4CCOC4)cccc2-3)nc2c(C(N)=O)cnn12.COC1CCC1. The number of aromatic nitrogens is 5. The molecule has 2 aromatic heterocycles. The van der Waals surface area contributed by atoms with Crippen LogP contribution in [0.4, 0.5) is 5.82 Å². The summed E-state index contributed by atoms with van der Waals surface area (Å²) in [5, 5.41) is 7.31. The van der Waals surface area contributed by atoms with Crippen LogP contribution in [0.25, 0.3) is 28.3 Å². The molecule has 1 amide bonds. The quantitative estimate of drug-likeness (QED) is 0.467. The fourth-order valence-corrected chi connectivity index (χ4v) is 4.36. The summed E-state index contributed by atoms with van der Waals surface area (Å²) in [6.45, 7) is 1.46. The van der Waals surface area contributed by atoms with Crippen LogP contribution in [-0.2, 0) is 9.47 Å². The van der Waals surface area contributed by atoms with Gasteiger partial charge in [-0.05, 0) is 37.8 Å². The highest BCUT2D eigenvalue weighted by Crippen LogP contribution is 2.36. The van der Waals surface area contributed by atoms with Crippen LogP contribution in [0.2, 0.25) is 0 Å². The van der Waals surface area contributed by atoms with Crippen LogP contribution in [0.1, 0.15) is 42.1 Å². The monoisotopic (exact) mass is 463 g/mol. The predicted molar refractivity (Wildman–Crippen MR) is 128 cm³/mol. The van der Waals surface area contributed by atoms with Gasteiger partial charge in [0.05, 0.1) is 30.6 Å².